The van der Waals surface area contributed by atoms with E-state index in [0.717, 1.165) is 46.8 Å². The van der Waals surface area contributed by atoms with Gasteiger partial charge >= 0.3 is 0 Å². The third-order valence-corrected chi connectivity index (χ3v) is 4.49. The Morgan fingerprint density at radius 2 is 1.81 bits per heavy atom. The Hall–Kier alpha value is -2.37. The summed E-state index contributed by atoms with van der Waals surface area (Å²) >= 11 is 0. The van der Waals surface area contributed by atoms with Crippen LogP contribution in [-0.4, -0.2) is 20.8 Å². The smallest absolute Gasteiger partial charge is 0.125 e. The molecule has 2 N–H and O–H groups in total. The number of rotatable bonds is 7. The summed E-state index contributed by atoms with van der Waals surface area (Å²) < 4.78 is 7.83. The number of hydrogen-bond acceptors (Lipinski definition) is 4. The van der Waals surface area contributed by atoms with E-state index >= 15 is 0 Å². The lowest BCUT2D eigenvalue weighted by atomic mass is 10.1. The minimum atomic E-state index is -0.0222. The fourth-order valence-electron chi connectivity index (χ4n) is 3.06. The van der Waals surface area contributed by atoms with Crippen LogP contribution >= 0.6 is 0 Å². The zero-order valence-electron chi connectivity index (χ0n) is 15.9. The second-order valence-corrected chi connectivity index (χ2v) is 6.91. The highest BCUT2D eigenvalue weighted by Gasteiger charge is 2.07. The van der Waals surface area contributed by atoms with E-state index in [1.54, 1.807) is 0 Å². The molecule has 0 atom stereocenters. The van der Waals surface area contributed by atoms with E-state index in [-0.39, 0.29) is 12.7 Å². The molecule has 3 rings (SSSR count). The Balaban J connectivity index is 1.64. The number of benzene rings is 2. The molecule has 26 heavy (non-hydrogen) atoms. The summed E-state index contributed by atoms with van der Waals surface area (Å²) in [5.41, 5.74) is 5.34. The number of aryl methyl sites for hydroxylation is 2. The first-order valence-electron chi connectivity index (χ1n) is 9.00. The summed E-state index contributed by atoms with van der Waals surface area (Å²) in [6.07, 6.45) is 0.0921. The molecule has 2 aromatic carbocycles. The number of nitrogens with zero attached hydrogens (tertiary/aromatic N) is 2. The van der Waals surface area contributed by atoms with E-state index < -0.39 is 0 Å². The van der Waals surface area contributed by atoms with E-state index in [0.29, 0.717) is 0 Å². The maximum absolute atomic E-state index is 9.57. The first kappa shape index (κ1) is 18.4. The van der Waals surface area contributed by atoms with Crippen molar-refractivity contribution in [3.63, 3.8) is 0 Å². The number of nitrogens with one attached hydrogen (secondary N) is 1. The zero-order chi connectivity index (χ0) is 18.7. The maximum Gasteiger partial charge on any atom is 0.125 e. The van der Waals surface area contributed by atoms with Crippen molar-refractivity contribution < 1.29 is 9.84 Å². The van der Waals surface area contributed by atoms with Crippen LogP contribution in [-0.2, 0) is 26.7 Å². The van der Waals surface area contributed by atoms with Gasteiger partial charge in [0.2, 0.25) is 0 Å². The molecule has 0 bridgehead atoms. The lowest BCUT2D eigenvalue weighted by Crippen LogP contribution is -2.13. The standard InChI is InChI=1S/C21H27N3O2/c1-14(2)26-21-8-6-16(9-18(21)13-25)11-22-12-17-5-7-20-19(10-17)23-15(3)24(20)4/h5-10,14,22,25H,11-13H2,1-4H3. The summed E-state index contributed by atoms with van der Waals surface area (Å²) in [5.74, 6) is 1.77. The van der Waals surface area contributed by atoms with Gasteiger partial charge in [0, 0.05) is 25.7 Å². The number of fused-ring (bicyclic) bond motifs is 1. The normalized spacial score (nSPS) is 11.5. The van der Waals surface area contributed by atoms with E-state index in [4.69, 9.17) is 4.74 Å². The third kappa shape index (κ3) is 4.06. The molecule has 0 saturated heterocycles. The van der Waals surface area contributed by atoms with Gasteiger partial charge in [-0.3, -0.25) is 0 Å². The van der Waals surface area contributed by atoms with Crippen molar-refractivity contribution in [2.75, 3.05) is 0 Å². The van der Waals surface area contributed by atoms with Gasteiger partial charge in [0.05, 0.1) is 23.7 Å². The van der Waals surface area contributed by atoms with Crippen LogP contribution in [0.5, 0.6) is 5.75 Å². The van der Waals surface area contributed by atoms with Gasteiger partial charge in [0.15, 0.2) is 0 Å². The fourth-order valence-corrected chi connectivity index (χ4v) is 3.06. The van der Waals surface area contributed by atoms with E-state index in [1.807, 2.05) is 46.0 Å². The Kier molecular flexibility index (Phi) is 5.59. The first-order chi connectivity index (χ1) is 12.5. The summed E-state index contributed by atoms with van der Waals surface area (Å²) in [6.45, 7) is 7.46. The predicted molar refractivity (Wildman–Crippen MR) is 104 cm³/mol. The number of imidazole rings is 1. The van der Waals surface area contributed by atoms with Gasteiger partial charge in [-0.1, -0.05) is 12.1 Å². The highest BCUT2D eigenvalue weighted by molar-refractivity contribution is 5.76. The van der Waals surface area contributed by atoms with Crippen molar-refractivity contribution in [3.05, 3.63) is 58.9 Å². The molecule has 0 saturated carbocycles. The molecule has 3 aromatic rings. The fraction of sp³-hybridized carbons (Fsp3) is 0.381. The molecule has 0 spiro atoms. The van der Waals surface area contributed by atoms with Gasteiger partial charge in [-0.15, -0.1) is 0 Å². The second kappa shape index (κ2) is 7.89. The van der Waals surface area contributed by atoms with E-state index in [1.165, 1.54) is 5.56 Å². The molecule has 0 unspecified atom stereocenters. The van der Waals surface area contributed by atoms with Crippen LogP contribution in [0.3, 0.4) is 0 Å². The maximum atomic E-state index is 9.57. The molecular formula is C21H27N3O2. The van der Waals surface area contributed by atoms with Crippen LogP contribution in [0, 0.1) is 6.92 Å². The molecule has 0 aliphatic rings. The Bertz CT molecular complexity index is 900. The van der Waals surface area contributed by atoms with Crippen molar-refractivity contribution >= 4 is 11.0 Å². The van der Waals surface area contributed by atoms with Gasteiger partial charge in [-0.25, -0.2) is 4.98 Å². The molecule has 1 heterocycles. The largest absolute Gasteiger partial charge is 0.491 e. The molecular weight excluding hydrogens is 326 g/mol. The van der Waals surface area contributed by atoms with Crippen LogP contribution in [0.15, 0.2) is 36.4 Å². The summed E-state index contributed by atoms with van der Waals surface area (Å²) in [5, 5.41) is 13.0. The van der Waals surface area contributed by atoms with Crippen molar-refractivity contribution in [2.45, 2.75) is 46.6 Å². The van der Waals surface area contributed by atoms with Crippen LogP contribution in [0.1, 0.15) is 36.4 Å². The molecule has 0 fully saturated rings. The molecule has 0 radical (unpaired) electrons. The molecule has 5 heteroatoms. The number of hydrogen-bond donors (Lipinski definition) is 2. The average Bonchev–Trinajstić information content (AvgIpc) is 2.89. The molecule has 1 aromatic heterocycles. The molecule has 5 nitrogen and oxygen atoms in total. The van der Waals surface area contributed by atoms with Crippen LogP contribution in [0.4, 0.5) is 0 Å². The lowest BCUT2D eigenvalue weighted by Gasteiger charge is -2.14. The van der Waals surface area contributed by atoms with Gasteiger partial charge in [0.25, 0.3) is 0 Å². The number of aliphatic hydroxyl groups is 1. The van der Waals surface area contributed by atoms with Crippen molar-refractivity contribution in [1.29, 1.82) is 0 Å². The number of ether oxygens (including phenoxy) is 1. The summed E-state index contributed by atoms with van der Waals surface area (Å²) in [4.78, 5) is 4.59. The highest BCUT2D eigenvalue weighted by atomic mass is 16.5. The van der Waals surface area contributed by atoms with Crippen molar-refractivity contribution in [1.82, 2.24) is 14.9 Å². The molecule has 138 valence electrons. The van der Waals surface area contributed by atoms with Crippen molar-refractivity contribution in [3.8, 4) is 5.75 Å². The van der Waals surface area contributed by atoms with E-state index in [9.17, 15) is 5.11 Å². The summed E-state index contributed by atoms with van der Waals surface area (Å²) in [6, 6.07) is 12.4. The van der Waals surface area contributed by atoms with Crippen molar-refractivity contribution in [2.24, 2.45) is 7.05 Å². The van der Waals surface area contributed by atoms with E-state index in [2.05, 4.69) is 33.1 Å². The van der Waals surface area contributed by atoms with Gasteiger partial charge in [0.1, 0.15) is 11.6 Å². The topological polar surface area (TPSA) is 59.3 Å². The van der Waals surface area contributed by atoms with Gasteiger partial charge in [-0.05, 0) is 56.2 Å². The molecule has 0 aliphatic heterocycles. The highest BCUT2D eigenvalue weighted by Crippen LogP contribution is 2.22. The number of aromatic nitrogens is 2. The van der Waals surface area contributed by atoms with Gasteiger partial charge < -0.3 is 19.7 Å². The number of aliphatic hydroxyl groups excluding tert-OH is 1. The predicted octanol–water partition coefficient (Wildman–Crippen LogP) is 3.45. The van der Waals surface area contributed by atoms with Crippen LogP contribution in [0.2, 0.25) is 0 Å². The average molecular weight is 353 g/mol. The zero-order valence-corrected chi connectivity index (χ0v) is 15.9. The first-order valence-corrected chi connectivity index (χ1v) is 9.00. The SMILES string of the molecule is Cc1nc2cc(CNCc3ccc(OC(C)C)c(CO)c3)ccc2n1C. The van der Waals surface area contributed by atoms with Gasteiger partial charge in [-0.2, -0.15) is 0 Å². The lowest BCUT2D eigenvalue weighted by molar-refractivity contribution is 0.225. The second-order valence-electron chi connectivity index (χ2n) is 6.91. The molecule has 0 aliphatic carbocycles. The Morgan fingerprint density at radius 3 is 2.50 bits per heavy atom. The Labute approximate surface area is 154 Å². The Morgan fingerprint density at radius 1 is 1.12 bits per heavy atom. The quantitative estimate of drug-likeness (QED) is 0.683. The summed E-state index contributed by atoms with van der Waals surface area (Å²) in [7, 11) is 2.04. The minimum Gasteiger partial charge on any atom is -0.491 e. The monoisotopic (exact) mass is 353 g/mol. The van der Waals surface area contributed by atoms with Crippen LogP contribution < -0.4 is 10.1 Å². The third-order valence-electron chi connectivity index (χ3n) is 4.49. The molecule has 0 amide bonds. The van der Waals surface area contributed by atoms with Crippen LogP contribution in [0.25, 0.3) is 11.0 Å². The minimum absolute atomic E-state index is 0.0222.